The first-order valence-corrected chi connectivity index (χ1v) is 6.36. The smallest absolute Gasteiger partial charge is 0.205 e. The zero-order valence-electron chi connectivity index (χ0n) is 10.5. The first kappa shape index (κ1) is 13.2. The molecule has 0 aliphatic rings. The Balaban J connectivity index is 2.14. The Hall–Kier alpha value is -2.28. The fraction of sp³-hybridized carbons (Fsp3) is 0.167. The lowest BCUT2D eigenvalue weighted by Crippen LogP contribution is -1.94. The summed E-state index contributed by atoms with van der Waals surface area (Å²) in [5, 5.41) is 16.1. The highest BCUT2D eigenvalue weighted by Crippen LogP contribution is 2.26. The highest BCUT2D eigenvalue weighted by molar-refractivity contribution is 7.14. The van der Waals surface area contributed by atoms with Gasteiger partial charge in [-0.25, -0.2) is 4.98 Å². The second-order valence-corrected chi connectivity index (χ2v) is 4.69. The number of nitrogens with one attached hydrogen (secondary N) is 1. The summed E-state index contributed by atoms with van der Waals surface area (Å²) in [6.07, 6.45) is 1.49. The largest absolute Gasteiger partial charge is 0.507 e. The predicted molar refractivity (Wildman–Crippen MR) is 77.1 cm³/mol. The van der Waals surface area contributed by atoms with Crippen LogP contribution in [0.5, 0.6) is 11.5 Å². The minimum atomic E-state index is 0.141. The van der Waals surface area contributed by atoms with E-state index >= 15 is 0 Å². The fourth-order valence-electron chi connectivity index (χ4n) is 1.51. The van der Waals surface area contributed by atoms with E-state index in [4.69, 9.17) is 10.5 Å². The summed E-state index contributed by atoms with van der Waals surface area (Å²) in [5.74, 6) is 1.28. The van der Waals surface area contributed by atoms with Gasteiger partial charge in [0.1, 0.15) is 17.3 Å². The highest BCUT2D eigenvalue weighted by atomic mass is 32.1. The van der Waals surface area contributed by atoms with Crippen LogP contribution < -0.4 is 15.9 Å². The van der Waals surface area contributed by atoms with Gasteiger partial charge in [0.05, 0.1) is 13.3 Å². The average molecular weight is 278 g/mol. The number of aromatic hydroxyl groups is 1. The summed E-state index contributed by atoms with van der Waals surface area (Å²) in [6, 6.07) is 3.34. The lowest BCUT2D eigenvalue weighted by molar-refractivity contribution is 0.409. The molecule has 0 aliphatic heterocycles. The summed E-state index contributed by atoms with van der Waals surface area (Å²) in [7, 11) is 1.58. The number of phenolic OH excluding ortho intramolecular Hbond substituents is 1. The third-order valence-corrected chi connectivity index (χ3v) is 3.20. The predicted octanol–water partition coefficient (Wildman–Crippen LogP) is 2.19. The van der Waals surface area contributed by atoms with Crippen LogP contribution in [0.1, 0.15) is 11.1 Å². The van der Waals surface area contributed by atoms with E-state index < -0.39 is 0 Å². The number of phenols is 1. The number of thiazole rings is 1. The number of aromatic nitrogens is 1. The lowest BCUT2D eigenvalue weighted by Gasteiger charge is -2.07. The van der Waals surface area contributed by atoms with E-state index in [0.717, 1.165) is 5.56 Å². The Labute approximate surface area is 114 Å². The van der Waals surface area contributed by atoms with Gasteiger partial charge in [-0.15, -0.1) is 11.3 Å². The molecule has 1 aromatic heterocycles. The van der Waals surface area contributed by atoms with Crippen LogP contribution >= 0.6 is 11.3 Å². The van der Waals surface area contributed by atoms with E-state index in [2.05, 4.69) is 15.5 Å². The molecule has 0 amide bonds. The number of ether oxygens (including phenoxy) is 1. The van der Waals surface area contributed by atoms with Crippen molar-refractivity contribution >= 4 is 28.5 Å². The van der Waals surface area contributed by atoms with Crippen LogP contribution in [0.3, 0.4) is 0 Å². The molecule has 0 unspecified atom stereocenters. The maximum absolute atomic E-state index is 9.81. The molecule has 100 valence electrons. The average Bonchev–Trinajstić information content (AvgIpc) is 2.78. The molecule has 7 heteroatoms. The molecule has 1 heterocycles. The zero-order valence-corrected chi connectivity index (χ0v) is 11.4. The van der Waals surface area contributed by atoms with Gasteiger partial charge in [0.15, 0.2) is 0 Å². The Morgan fingerprint density at radius 3 is 2.95 bits per heavy atom. The zero-order chi connectivity index (χ0) is 13.8. The van der Waals surface area contributed by atoms with E-state index in [1.165, 1.54) is 17.6 Å². The quantitative estimate of drug-likeness (QED) is 0.589. The maximum Gasteiger partial charge on any atom is 0.205 e. The third kappa shape index (κ3) is 3.14. The van der Waals surface area contributed by atoms with Gasteiger partial charge in [-0.2, -0.15) is 5.10 Å². The molecule has 2 aromatic rings. The van der Waals surface area contributed by atoms with E-state index in [0.29, 0.717) is 22.3 Å². The second kappa shape index (κ2) is 5.57. The minimum absolute atomic E-state index is 0.141. The summed E-state index contributed by atoms with van der Waals surface area (Å²) in [4.78, 5) is 4.00. The van der Waals surface area contributed by atoms with Gasteiger partial charge in [0, 0.05) is 10.9 Å². The molecule has 0 fully saturated rings. The van der Waals surface area contributed by atoms with Crippen LogP contribution in [-0.4, -0.2) is 23.4 Å². The summed E-state index contributed by atoms with van der Waals surface area (Å²) >= 11 is 1.35. The summed E-state index contributed by atoms with van der Waals surface area (Å²) < 4.78 is 5.19. The SMILES string of the molecule is COc1cc(C=NNc2nc(N)cs2)c(O)cc1C. The van der Waals surface area contributed by atoms with Gasteiger partial charge in [-0.1, -0.05) is 0 Å². The second-order valence-electron chi connectivity index (χ2n) is 3.83. The monoisotopic (exact) mass is 278 g/mol. The molecule has 0 aliphatic carbocycles. The molecule has 1 aromatic carbocycles. The molecule has 4 N–H and O–H groups in total. The molecule has 0 radical (unpaired) electrons. The molecule has 0 saturated carbocycles. The number of aryl methyl sites for hydroxylation is 1. The van der Waals surface area contributed by atoms with Gasteiger partial charge in [-0.05, 0) is 24.6 Å². The standard InChI is InChI=1S/C12H14N4O2S/c1-7-3-9(17)8(4-10(7)18-2)5-14-16-12-15-11(13)6-19-12/h3-6,17H,13H2,1-2H3,(H,15,16). The normalized spacial score (nSPS) is 10.8. The molecule has 0 bridgehead atoms. The van der Waals surface area contributed by atoms with Gasteiger partial charge in [-0.3, -0.25) is 5.43 Å². The van der Waals surface area contributed by atoms with Gasteiger partial charge < -0.3 is 15.6 Å². The Morgan fingerprint density at radius 1 is 1.53 bits per heavy atom. The van der Waals surface area contributed by atoms with E-state index in [-0.39, 0.29) is 5.75 Å². The number of nitrogens with two attached hydrogens (primary N) is 1. The minimum Gasteiger partial charge on any atom is -0.507 e. The Kier molecular flexibility index (Phi) is 3.86. The van der Waals surface area contributed by atoms with E-state index in [1.807, 2.05) is 6.92 Å². The number of hydrogen-bond acceptors (Lipinski definition) is 7. The van der Waals surface area contributed by atoms with Crippen molar-refractivity contribution in [2.24, 2.45) is 5.10 Å². The maximum atomic E-state index is 9.81. The Morgan fingerprint density at radius 2 is 2.32 bits per heavy atom. The number of benzene rings is 1. The first-order chi connectivity index (χ1) is 9.10. The number of nitrogens with zero attached hydrogens (tertiary/aromatic N) is 2. The van der Waals surface area contributed by atoms with E-state index in [9.17, 15) is 5.11 Å². The fourth-order valence-corrected chi connectivity index (χ4v) is 2.06. The number of hydrogen-bond donors (Lipinski definition) is 3. The third-order valence-electron chi connectivity index (χ3n) is 2.43. The van der Waals surface area contributed by atoms with Crippen molar-refractivity contribution in [1.29, 1.82) is 0 Å². The van der Waals surface area contributed by atoms with Crippen molar-refractivity contribution in [2.45, 2.75) is 6.92 Å². The first-order valence-electron chi connectivity index (χ1n) is 5.48. The van der Waals surface area contributed by atoms with Crippen LogP contribution in [0, 0.1) is 6.92 Å². The molecule has 6 nitrogen and oxygen atoms in total. The molecular weight excluding hydrogens is 264 g/mol. The van der Waals surface area contributed by atoms with Gasteiger partial charge in [0.25, 0.3) is 0 Å². The van der Waals surface area contributed by atoms with Crippen molar-refractivity contribution < 1.29 is 9.84 Å². The summed E-state index contributed by atoms with van der Waals surface area (Å²) in [6.45, 7) is 1.86. The molecule has 19 heavy (non-hydrogen) atoms. The van der Waals surface area contributed by atoms with Gasteiger partial charge >= 0.3 is 0 Å². The van der Waals surface area contributed by atoms with Crippen LogP contribution in [-0.2, 0) is 0 Å². The van der Waals surface area contributed by atoms with Gasteiger partial charge in [0.2, 0.25) is 5.13 Å². The topological polar surface area (TPSA) is 92.8 Å². The summed E-state index contributed by atoms with van der Waals surface area (Å²) in [5.41, 5.74) is 9.64. The van der Waals surface area contributed by atoms with Crippen LogP contribution in [0.2, 0.25) is 0 Å². The molecule has 0 atom stereocenters. The molecule has 0 spiro atoms. The van der Waals surface area contributed by atoms with Crippen molar-refractivity contribution in [3.05, 3.63) is 28.6 Å². The lowest BCUT2D eigenvalue weighted by atomic mass is 10.1. The number of methoxy groups -OCH3 is 1. The van der Waals surface area contributed by atoms with Crippen molar-refractivity contribution in [3.63, 3.8) is 0 Å². The Bertz CT molecular complexity index is 610. The molecule has 2 rings (SSSR count). The van der Waals surface area contributed by atoms with Crippen molar-refractivity contribution in [2.75, 3.05) is 18.3 Å². The van der Waals surface area contributed by atoms with E-state index in [1.54, 1.807) is 24.6 Å². The van der Waals surface area contributed by atoms with Crippen molar-refractivity contribution in [3.8, 4) is 11.5 Å². The number of anilines is 2. The van der Waals surface area contributed by atoms with Crippen molar-refractivity contribution in [1.82, 2.24) is 4.98 Å². The number of nitrogen functional groups attached to an aromatic ring is 1. The van der Waals surface area contributed by atoms with Crippen LogP contribution in [0.25, 0.3) is 0 Å². The molecule has 0 saturated heterocycles. The number of hydrazone groups is 1. The number of rotatable bonds is 4. The van der Waals surface area contributed by atoms with Crippen LogP contribution in [0.15, 0.2) is 22.6 Å². The van der Waals surface area contributed by atoms with Crippen LogP contribution in [0.4, 0.5) is 10.9 Å². The highest BCUT2D eigenvalue weighted by Gasteiger charge is 2.05. The molecular formula is C12H14N4O2S.